The Morgan fingerprint density at radius 3 is 2.62 bits per heavy atom. The van der Waals surface area contributed by atoms with Gasteiger partial charge in [-0.3, -0.25) is 4.79 Å². The van der Waals surface area contributed by atoms with Gasteiger partial charge >= 0.3 is 6.18 Å². The van der Waals surface area contributed by atoms with E-state index in [4.69, 9.17) is 17.0 Å². The van der Waals surface area contributed by atoms with Gasteiger partial charge in [0.1, 0.15) is 17.2 Å². The number of rotatable bonds is 3. The molecule has 1 atom stereocenters. The number of hydrogen-bond acceptors (Lipinski definition) is 3. The maximum absolute atomic E-state index is 14.5. The smallest absolute Gasteiger partial charge is 0.368 e. The molecule has 4 nitrogen and oxygen atoms in total. The maximum Gasteiger partial charge on any atom is 0.397 e. The van der Waals surface area contributed by atoms with Crippen LogP contribution in [0.4, 0.5) is 23.2 Å². The zero-order chi connectivity index (χ0) is 19.8. The second-order valence-electron chi connectivity index (χ2n) is 7.14. The van der Waals surface area contributed by atoms with Crippen LogP contribution in [-0.2, 0) is 15.1 Å². The topological polar surface area (TPSA) is 50.4 Å². The van der Waals surface area contributed by atoms with Crippen LogP contribution < -0.4 is 10.6 Å². The third kappa shape index (κ3) is 5.38. The van der Waals surface area contributed by atoms with E-state index in [2.05, 4.69) is 10.6 Å². The first-order chi connectivity index (χ1) is 11.8. The van der Waals surface area contributed by atoms with Crippen molar-refractivity contribution < 1.29 is 27.1 Å². The van der Waals surface area contributed by atoms with Crippen molar-refractivity contribution >= 4 is 28.8 Å². The molecule has 1 saturated heterocycles. The van der Waals surface area contributed by atoms with E-state index in [0.29, 0.717) is 11.4 Å². The monoisotopic (exact) mass is 392 g/mol. The number of ether oxygens (including phenoxy) is 1. The summed E-state index contributed by atoms with van der Waals surface area (Å²) < 4.78 is 57.1. The highest BCUT2D eigenvalue weighted by Crippen LogP contribution is 2.36. The van der Waals surface area contributed by atoms with Crippen LogP contribution >= 0.6 is 12.2 Å². The van der Waals surface area contributed by atoms with Crippen molar-refractivity contribution in [1.82, 2.24) is 5.32 Å². The van der Waals surface area contributed by atoms with Gasteiger partial charge in [-0.2, -0.15) is 13.2 Å². The number of amides is 1. The minimum Gasteiger partial charge on any atom is -0.368 e. The van der Waals surface area contributed by atoms with Gasteiger partial charge in [0.2, 0.25) is 5.91 Å². The SMILES string of the molecule is CC1(C)C[C@@](C)(c2cc(NC(=O)CC(F)(F)F)ccc2F)NC(=S)CO1. The lowest BCUT2D eigenvalue weighted by Gasteiger charge is -2.35. The summed E-state index contributed by atoms with van der Waals surface area (Å²) in [5.41, 5.74) is -1.30. The molecule has 1 heterocycles. The second-order valence-corrected chi connectivity index (χ2v) is 7.63. The summed E-state index contributed by atoms with van der Waals surface area (Å²) in [6.45, 7) is 5.60. The van der Waals surface area contributed by atoms with E-state index in [1.165, 1.54) is 12.1 Å². The summed E-state index contributed by atoms with van der Waals surface area (Å²) in [7, 11) is 0. The van der Waals surface area contributed by atoms with E-state index in [1.807, 2.05) is 13.8 Å². The number of benzene rings is 1. The Balaban J connectivity index is 2.33. The summed E-state index contributed by atoms with van der Waals surface area (Å²) in [5, 5.41) is 5.21. The molecule has 0 saturated carbocycles. The van der Waals surface area contributed by atoms with Crippen LogP contribution in [0.3, 0.4) is 0 Å². The molecule has 1 aromatic carbocycles. The predicted octanol–water partition coefficient (Wildman–Crippen LogP) is 4.05. The third-order valence-corrected chi connectivity index (χ3v) is 4.21. The predicted molar refractivity (Wildman–Crippen MR) is 93.4 cm³/mol. The molecule has 0 aromatic heterocycles. The fraction of sp³-hybridized carbons (Fsp3) is 0.529. The molecule has 0 bridgehead atoms. The van der Waals surface area contributed by atoms with Crippen molar-refractivity contribution in [1.29, 1.82) is 0 Å². The molecule has 2 rings (SSSR count). The maximum atomic E-state index is 14.5. The second kappa shape index (κ2) is 7.11. The van der Waals surface area contributed by atoms with Crippen molar-refractivity contribution in [2.45, 2.75) is 50.9 Å². The fourth-order valence-corrected chi connectivity index (χ4v) is 3.41. The van der Waals surface area contributed by atoms with Gasteiger partial charge < -0.3 is 15.4 Å². The minimum absolute atomic E-state index is 0.0764. The Morgan fingerprint density at radius 2 is 2.00 bits per heavy atom. The molecule has 26 heavy (non-hydrogen) atoms. The lowest BCUT2D eigenvalue weighted by molar-refractivity contribution is -0.150. The number of hydrogen-bond donors (Lipinski definition) is 2. The fourth-order valence-electron chi connectivity index (χ4n) is 3.13. The van der Waals surface area contributed by atoms with Gasteiger partial charge in [-0.05, 0) is 39.0 Å². The van der Waals surface area contributed by atoms with Crippen molar-refractivity contribution in [3.8, 4) is 0 Å². The molecule has 1 aliphatic heterocycles. The van der Waals surface area contributed by atoms with Crippen LogP contribution in [0.25, 0.3) is 0 Å². The third-order valence-electron chi connectivity index (χ3n) is 3.99. The molecule has 1 aromatic rings. The highest BCUT2D eigenvalue weighted by molar-refractivity contribution is 7.80. The van der Waals surface area contributed by atoms with Gasteiger partial charge in [-0.1, -0.05) is 12.2 Å². The van der Waals surface area contributed by atoms with Crippen molar-refractivity contribution in [3.63, 3.8) is 0 Å². The Labute approximate surface area is 154 Å². The minimum atomic E-state index is -4.62. The van der Waals surface area contributed by atoms with E-state index >= 15 is 0 Å². The van der Waals surface area contributed by atoms with Crippen LogP contribution in [0.5, 0.6) is 0 Å². The summed E-state index contributed by atoms with van der Waals surface area (Å²) in [4.78, 5) is 11.9. The average molecular weight is 392 g/mol. The molecule has 0 radical (unpaired) electrons. The summed E-state index contributed by atoms with van der Waals surface area (Å²) in [6.07, 6.45) is -5.87. The van der Waals surface area contributed by atoms with Crippen LogP contribution in [0.2, 0.25) is 0 Å². The zero-order valence-corrected chi connectivity index (χ0v) is 15.4. The first-order valence-electron chi connectivity index (χ1n) is 7.91. The number of carbonyl (C=O) groups is 1. The standard InChI is InChI=1S/C17H20F4N2O2S/c1-15(2)9-16(3,23-14(26)8-25-15)11-6-10(4-5-12(11)18)22-13(24)7-17(19,20)21/h4-6H,7-9H2,1-3H3,(H,22,24)(H,23,26)/t16-/m0/s1. The number of carbonyl (C=O) groups excluding carboxylic acids is 1. The first kappa shape index (κ1) is 20.6. The van der Waals surface area contributed by atoms with Gasteiger partial charge in [0, 0.05) is 17.7 Å². The van der Waals surface area contributed by atoms with Crippen LogP contribution in [0.1, 0.15) is 39.2 Å². The molecular formula is C17H20F4N2O2S. The van der Waals surface area contributed by atoms with Crippen LogP contribution in [0.15, 0.2) is 18.2 Å². The van der Waals surface area contributed by atoms with E-state index < -0.39 is 35.5 Å². The first-order valence-corrected chi connectivity index (χ1v) is 8.32. The number of anilines is 1. The van der Waals surface area contributed by atoms with Crippen LogP contribution in [0, 0.1) is 5.82 Å². The lowest BCUT2D eigenvalue weighted by atomic mass is 9.81. The highest BCUT2D eigenvalue weighted by Gasteiger charge is 2.40. The van der Waals surface area contributed by atoms with Crippen molar-refractivity contribution in [2.24, 2.45) is 0 Å². The largest absolute Gasteiger partial charge is 0.397 e. The molecular weight excluding hydrogens is 372 g/mol. The highest BCUT2D eigenvalue weighted by atomic mass is 32.1. The van der Waals surface area contributed by atoms with Crippen molar-refractivity contribution in [3.05, 3.63) is 29.6 Å². The molecule has 1 aliphatic rings. The Morgan fingerprint density at radius 1 is 1.35 bits per heavy atom. The molecule has 0 spiro atoms. The summed E-state index contributed by atoms with van der Waals surface area (Å²) in [6, 6.07) is 3.64. The zero-order valence-electron chi connectivity index (χ0n) is 14.6. The Bertz CT molecular complexity index is 721. The molecule has 1 fully saturated rings. The number of alkyl halides is 3. The molecule has 2 N–H and O–H groups in total. The van der Waals surface area contributed by atoms with Gasteiger partial charge in [0.25, 0.3) is 0 Å². The Kier molecular flexibility index (Phi) is 5.63. The van der Waals surface area contributed by atoms with Crippen LogP contribution in [-0.4, -0.2) is 29.3 Å². The normalized spacial score (nSPS) is 23.1. The van der Waals surface area contributed by atoms with E-state index in [0.717, 1.165) is 6.07 Å². The van der Waals surface area contributed by atoms with E-state index in [1.54, 1.807) is 6.92 Å². The molecule has 144 valence electrons. The quantitative estimate of drug-likeness (QED) is 0.602. The molecule has 9 heteroatoms. The van der Waals surface area contributed by atoms with Gasteiger partial charge in [-0.15, -0.1) is 0 Å². The number of nitrogens with one attached hydrogen (secondary N) is 2. The van der Waals surface area contributed by atoms with Gasteiger partial charge in [0.05, 0.1) is 17.7 Å². The molecule has 1 amide bonds. The molecule has 0 aliphatic carbocycles. The number of halogens is 4. The summed E-state index contributed by atoms with van der Waals surface area (Å²) in [5.74, 6) is -1.78. The lowest BCUT2D eigenvalue weighted by Crippen LogP contribution is -2.45. The van der Waals surface area contributed by atoms with E-state index in [9.17, 15) is 22.4 Å². The molecule has 0 unspecified atom stereocenters. The number of thiocarbonyl (C=S) groups is 1. The van der Waals surface area contributed by atoms with E-state index in [-0.39, 0.29) is 17.9 Å². The summed E-state index contributed by atoms with van der Waals surface area (Å²) >= 11 is 5.20. The van der Waals surface area contributed by atoms with Crippen molar-refractivity contribution in [2.75, 3.05) is 11.9 Å². The van der Waals surface area contributed by atoms with Gasteiger partial charge in [0.15, 0.2) is 0 Å². The Hall–Kier alpha value is -1.74. The van der Waals surface area contributed by atoms with Gasteiger partial charge in [-0.25, -0.2) is 4.39 Å². The average Bonchev–Trinajstić information content (AvgIpc) is 2.54.